The number of hydrogen-bond donors (Lipinski definition) is 1. The molecule has 0 fully saturated rings. The summed E-state index contributed by atoms with van der Waals surface area (Å²) in [7, 11) is -2.78. The first-order valence-corrected chi connectivity index (χ1v) is 14.5. The zero-order chi connectivity index (χ0) is 25.9. The van der Waals surface area contributed by atoms with Crippen molar-refractivity contribution >= 4 is 24.5 Å². The molecule has 1 N–H and O–H groups in total. The third kappa shape index (κ3) is 5.10. The molecule has 0 heterocycles. The van der Waals surface area contributed by atoms with Crippen molar-refractivity contribution in [3.05, 3.63) is 108 Å². The number of aromatic hydroxyl groups is 1. The van der Waals surface area contributed by atoms with Gasteiger partial charge in [-0.15, -0.1) is 0 Å². The standard InChI is InChI=1S/C32H36O3Si/c1-23-16-17-25(21-30(23)33)24(2)20-26-18-19-27(22-31(26)34)35-36(32(3,4)5,28-12-8-6-9-13-28)29-14-10-7-11-15-29/h6-16,18-19,22,25,34H,2,17,20-21H2,1,3-5H3/t25-/m1/s1. The Morgan fingerprint density at radius 2 is 1.58 bits per heavy atom. The minimum absolute atomic E-state index is 0.119. The molecule has 1 aliphatic rings. The summed E-state index contributed by atoms with van der Waals surface area (Å²) in [6, 6.07) is 26.6. The monoisotopic (exact) mass is 496 g/mol. The summed E-state index contributed by atoms with van der Waals surface area (Å²) in [5, 5.41) is 13.2. The molecule has 0 amide bonds. The Balaban J connectivity index is 1.66. The predicted molar refractivity (Wildman–Crippen MR) is 151 cm³/mol. The van der Waals surface area contributed by atoms with Gasteiger partial charge in [-0.2, -0.15) is 0 Å². The Labute approximate surface area is 216 Å². The number of Topliss-reactive ketones (excluding diaryl/α,β-unsaturated/α-hetero) is 1. The molecular weight excluding hydrogens is 460 g/mol. The highest BCUT2D eigenvalue weighted by Gasteiger charge is 2.52. The maximum Gasteiger partial charge on any atom is 0.319 e. The van der Waals surface area contributed by atoms with Crippen LogP contribution in [0.1, 0.15) is 46.1 Å². The van der Waals surface area contributed by atoms with E-state index in [-0.39, 0.29) is 22.5 Å². The molecule has 3 aromatic rings. The molecule has 4 rings (SSSR count). The quantitative estimate of drug-likeness (QED) is 0.306. The molecule has 0 saturated heterocycles. The van der Waals surface area contributed by atoms with E-state index in [0.29, 0.717) is 18.6 Å². The lowest BCUT2D eigenvalue weighted by Crippen LogP contribution is -2.68. The van der Waals surface area contributed by atoms with Gasteiger partial charge in [0.15, 0.2) is 5.78 Å². The van der Waals surface area contributed by atoms with Crippen LogP contribution in [-0.4, -0.2) is 19.2 Å². The van der Waals surface area contributed by atoms with Crippen molar-refractivity contribution in [2.75, 3.05) is 0 Å². The number of ketones is 1. The van der Waals surface area contributed by atoms with Gasteiger partial charge in [-0.25, -0.2) is 0 Å². The van der Waals surface area contributed by atoms with E-state index < -0.39 is 8.32 Å². The molecule has 186 valence electrons. The lowest BCUT2D eigenvalue weighted by atomic mass is 9.82. The number of hydrogen-bond acceptors (Lipinski definition) is 3. The Kier molecular flexibility index (Phi) is 7.37. The molecule has 0 radical (unpaired) electrons. The zero-order valence-electron chi connectivity index (χ0n) is 21.8. The third-order valence-corrected chi connectivity index (χ3v) is 12.3. The van der Waals surface area contributed by atoms with Crippen LogP contribution in [0.3, 0.4) is 0 Å². The van der Waals surface area contributed by atoms with Gasteiger partial charge < -0.3 is 9.53 Å². The number of benzene rings is 3. The summed E-state index contributed by atoms with van der Waals surface area (Å²) in [5.74, 6) is 1.15. The summed E-state index contributed by atoms with van der Waals surface area (Å²) in [4.78, 5) is 12.1. The van der Waals surface area contributed by atoms with Crippen molar-refractivity contribution in [2.45, 2.75) is 52.0 Å². The van der Waals surface area contributed by atoms with Gasteiger partial charge in [0.2, 0.25) is 0 Å². The van der Waals surface area contributed by atoms with E-state index in [2.05, 4.69) is 75.9 Å². The van der Waals surface area contributed by atoms with Crippen LogP contribution in [0.25, 0.3) is 0 Å². The molecule has 3 aromatic carbocycles. The Hall–Kier alpha value is -3.37. The highest BCUT2D eigenvalue weighted by Crippen LogP contribution is 2.39. The first-order valence-electron chi connectivity index (χ1n) is 12.6. The van der Waals surface area contributed by atoms with E-state index in [9.17, 15) is 9.90 Å². The van der Waals surface area contributed by atoms with Gasteiger partial charge in [-0.3, -0.25) is 4.79 Å². The van der Waals surface area contributed by atoms with Gasteiger partial charge in [0.25, 0.3) is 0 Å². The van der Waals surface area contributed by atoms with Crippen molar-refractivity contribution in [1.82, 2.24) is 0 Å². The average molecular weight is 497 g/mol. The molecule has 0 aromatic heterocycles. The topological polar surface area (TPSA) is 46.5 Å². The predicted octanol–water partition coefficient (Wildman–Crippen LogP) is 6.36. The fraction of sp³-hybridized carbons (Fsp3) is 0.281. The first-order chi connectivity index (χ1) is 17.1. The van der Waals surface area contributed by atoms with E-state index in [0.717, 1.165) is 23.1 Å². The molecule has 3 nitrogen and oxygen atoms in total. The molecule has 0 aliphatic heterocycles. The second kappa shape index (κ2) is 10.3. The summed E-state index contributed by atoms with van der Waals surface area (Å²) in [6.07, 6.45) is 3.86. The van der Waals surface area contributed by atoms with Crippen LogP contribution in [0.15, 0.2) is 103 Å². The highest BCUT2D eigenvalue weighted by atomic mass is 28.4. The second-order valence-electron chi connectivity index (χ2n) is 10.8. The van der Waals surface area contributed by atoms with Crippen molar-refractivity contribution in [1.29, 1.82) is 0 Å². The van der Waals surface area contributed by atoms with Crippen LogP contribution in [0.4, 0.5) is 0 Å². The minimum atomic E-state index is -2.78. The van der Waals surface area contributed by atoms with Gasteiger partial charge in [-0.1, -0.05) is 106 Å². The summed E-state index contributed by atoms with van der Waals surface area (Å²) in [6.45, 7) is 12.8. The zero-order valence-corrected chi connectivity index (χ0v) is 22.8. The lowest BCUT2D eigenvalue weighted by molar-refractivity contribution is -0.116. The molecular formula is C32H36O3Si. The van der Waals surface area contributed by atoms with E-state index in [1.807, 2.05) is 37.3 Å². The van der Waals surface area contributed by atoms with E-state index in [4.69, 9.17) is 4.43 Å². The van der Waals surface area contributed by atoms with E-state index in [1.165, 1.54) is 10.4 Å². The Morgan fingerprint density at radius 1 is 1.00 bits per heavy atom. The summed E-state index contributed by atoms with van der Waals surface area (Å²) < 4.78 is 7.03. The smallest absolute Gasteiger partial charge is 0.319 e. The first kappa shape index (κ1) is 25.7. The fourth-order valence-electron chi connectivity index (χ4n) is 5.18. The van der Waals surface area contributed by atoms with Gasteiger partial charge in [0, 0.05) is 12.5 Å². The molecule has 1 aliphatic carbocycles. The van der Waals surface area contributed by atoms with Crippen molar-refractivity contribution in [2.24, 2.45) is 5.92 Å². The summed E-state index contributed by atoms with van der Waals surface area (Å²) >= 11 is 0. The minimum Gasteiger partial charge on any atom is -0.534 e. The average Bonchev–Trinajstić information content (AvgIpc) is 2.86. The van der Waals surface area contributed by atoms with Gasteiger partial charge >= 0.3 is 8.32 Å². The number of allylic oxidation sites excluding steroid dienone is 3. The molecule has 0 spiro atoms. The van der Waals surface area contributed by atoms with Crippen LogP contribution >= 0.6 is 0 Å². The van der Waals surface area contributed by atoms with E-state index >= 15 is 0 Å². The highest BCUT2D eigenvalue weighted by molar-refractivity contribution is 7.00. The van der Waals surface area contributed by atoms with Crippen molar-refractivity contribution < 1.29 is 14.3 Å². The molecule has 0 unspecified atom stereocenters. The molecule has 4 heteroatoms. The third-order valence-electron chi connectivity index (χ3n) is 7.32. The maximum atomic E-state index is 12.1. The lowest BCUT2D eigenvalue weighted by Gasteiger charge is -2.43. The second-order valence-corrected chi connectivity index (χ2v) is 15.1. The van der Waals surface area contributed by atoms with Crippen LogP contribution < -0.4 is 14.8 Å². The van der Waals surface area contributed by atoms with Gasteiger partial charge in [0.05, 0.1) is 0 Å². The number of carbonyl (C=O) groups is 1. The SMILES string of the molecule is C=C(Cc1ccc(O[Si](c2ccccc2)(c2ccccc2)C(C)(C)C)cc1O)[C@@H]1CC=C(C)C(=O)C1. The number of phenolic OH excluding ortho intramolecular Hbond substituents is 1. The Bertz CT molecular complexity index is 1230. The normalized spacial score (nSPS) is 16.4. The largest absolute Gasteiger partial charge is 0.534 e. The molecule has 1 atom stereocenters. The molecule has 0 bridgehead atoms. The van der Waals surface area contributed by atoms with E-state index in [1.54, 1.807) is 6.07 Å². The maximum absolute atomic E-state index is 12.1. The molecule has 36 heavy (non-hydrogen) atoms. The van der Waals surface area contributed by atoms with Gasteiger partial charge in [-0.05, 0) is 58.3 Å². The van der Waals surface area contributed by atoms with Crippen LogP contribution in [-0.2, 0) is 11.2 Å². The summed E-state index contributed by atoms with van der Waals surface area (Å²) in [5.41, 5.74) is 2.61. The molecule has 0 saturated carbocycles. The van der Waals surface area contributed by atoms with Crippen LogP contribution in [0, 0.1) is 5.92 Å². The van der Waals surface area contributed by atoms with Crippen LogP contribution in [0.5, 0.6) is 11.5 Å². The van der Waals surface area contributed by atoms with Crippen molar-refractivity contribution in [3.63, 3.8) is 0 Å². The fourth-order valence-corrected chi connectivity index (χ4v) is 9.60. The number of phenols is 1. The number of rotatable bonds is 7. The van der Waals surface area contributed by atoms with Crippen LogP contribution in [0.2, 0.25) is 5.04 Å². The van der Waals surface area contributed by atoms with Crippen molar-refractivity contribution in [3.8, 4) is 11.5 Å². The number of carbonyl (C=O) groups excluding carboxylic acids is 1. The Morgan fingerprint density at radius 3 is 2.08 bits per heavy atom. The van der Waals surface area contributed by atoms with Gasteiger partial charge in [0.1, 0.15) is 11.5 Å².